The molecular weight excluding hydrogens is 464 g/mol. The van der Waals surface area contributed by atoms with Crippen molar-refractivity contribution >= 4 is 18.2 Å². The molecule has 5 nitrogen and oxygen atoms in total. The fourth-order valence-electron chi connectivity index (χ4n) is 3.97. The molecule has 0 saturated carbocycles. The van der Waals surface area contributed by atoms with Crippen LogP contribution >= 0.6 is 7.14 Å². The van der Waals surface area contributed by atoms with Crippen molar-refractivity contribution in [2.75, 3.05) is 13.3 Å². The van der Waals surface area contributed by atoms with E-state index in [9.17, 15) is 22.5 Å². The first-order chi connectivity index (χ1) is 15.8. The average molecular weight is 488 g/mol. The second-order valence-electron chi connectivity index (χ2n) is 8.85. The van der Waals surface area contributed by atoms with Crippen LogP contribution in [-0.2, 0) is 24.1 Å². The van der Waals surface area contributed by atoms with E-state index in [0.717, 1.165) is 34.3 Å². The lowest BCUT2D eigenvalue weighted by molar-refractivity contribution is -0.137. The second kappa shape index (κ2) is 8.51. The minimum atomic E-state index is -4.42. The SMILES string of the molecule is Cc1cc(Oc2ccc(C(F)(F)F)cc2)cc(-c2cn(CP(C)(C)=O)c3ccc(=O)n(C)c23)c1. The number of fused-ring (bicyclic) bond motifs is 1. The minimum Gasteiger partial charge on any atom is -0.457 e. The summed E-state index contributed by atoms with van der Waals surface area (Å²) in [5, 5.41) is 0. The first-order valence-corrected chi connectivity index (χ1v) is 13.3. The Bertz CT molecular complexity index is 1480. The molecule has 2 heterocycles. The molecule has 0 radical (unpaired) electrons. The number of rotatable bonds is 5. The lowest BCUT2D eigenvalue weighted by Gasteiger charge is -2.11. The van der Waals surface area contributed by atoms with Gasteiger partial charge in [-0.15, -0.1) is 0 Å². The van der Waals surface area contributed by atoms with Gasteiger partial charge >= 0.3 is 6.18 Å². The number of hydrogen-bond acceptors (Lipinski definition) is 3. The van der Waals surface area contributed by atoms with Gasteiger partial charge in [-0.05, 0) is 73.8 Å². The maximum atomic E-state index is 12.8. The zero-order chi connectivity index (χ0) is 24.8. The summed E-state index contributed by atoms with van der Waals surface area (Å²) in [6, 6.07) is 13.2. The summed E-state index contributed by atoms with van der Waals surface area (Å²) in [4.78, 5) is 12.4. The molecule has 0 atom stereocenters. The van der Waals surface area contributed by atoms with Crippen molar-refractivity contribution in [2.24, 2.45) is 7.05 Å². The standard InChI is InChI=1S/C25H24F3N2O3P/c1-16-11-17(13-20(12-16)33-19-7-5-18(6-8-19)25(26,27)28)21-14-30(15-34(3,4)32)22-9-10-23(31)29(2)24(21)22/h5-14H,15H2,1-4H3. The van der Waals surface area contributed by atoms with Gasteiger partial charge in [-0.1, -0.05) is 6.07 Å². The van der Waals surface area contributed by atoms with Crippen molar-refractivity contribution in [3.8, 4) is 22.6 Å². The normalized spacial score (nSPS) is 12.3. The molecule has 0 aliphatic rings. The fourth-order valence-corrected chi connectivity index (χ4v) is 4.93. The van der Waals surface area contributed by atoms with E-state index in [0.29, 0.717) is 17.6 Å². The summed E-state index contributed by atoms with van der Waals surface area (Å²) in [5.41, 5.74) is 2.98. The number of benzene rings is 2. The highest BCUT2D eigenvalue weighted by Crippen LogP contribution is 2.41. The molecule has 4 rings (SSSR count). The van der Waals surface area contributed by atoms with Crippen LogP contribution in [0.1, 0.15) is 11.1 Å². The molecule has 0 bridgehead atoms. The van der Waals surface area contributed by atoms with Crippen molar-refractivity contribution < 1.29 is 22.5 Å². The van der Waals surface area contributed by atoms with Gasteiger partial charge in [0, 0.05) is 24.9 Å². The zero-order valence-corrected chi connectivity index (χ0v) is 20.1. The van der Waals surface area contributed by atoms with Crippen LogP contribution in [0, 0.1) is 6.92 Å². The van der Waals surface area contributed by atoms with Gasteiger partial charge in [-0.2, -0.15) is 13.2 Å². The summed E-state index contributed by atoms with van der Waals surface area (Å²) >= 11 is 0. The Hall–Kier alpha value is -3.25. The van der Waals surface area contributed by atoms with Crippen molar-refractivity contribution in [3.05, 3.63) is 82.3 Å². The van der Waals surface area contributed by atoms with Crippen molar-refractivity contribution in [2.45, 2.75) is 19.4 Å². The van der Waals surface area contributed by atoms with Gasteiger partial charge in [0.05, 0.1) is 22.9 Å². The number of hydrogen-bond donors (Lipinski definition) is 0. The molecule has 0 fully saturated rings. The molecule has 34 heavy (non-hydrogen) atoms. The first kappa shape index (κ1) is 23.9. The number of aryl methyl sites for hydroxylation is 2. The highest BCUT2D eigenvalue weighted by molar-refractivity contribution is 7.61. The van der Waals surface area contributed by atoms with Crippen LogP contribution in [0.4, 0.5) is 13.2 Å². The van der Waals surface area contributed by atoms with Crippen LogP contribution in [0.5, 0.6) is 11.5 Å². The van der Waals surface area contributed by atoms with Gasteiger partial charge in [0.15, 0.2) is 0 Å². The van der Waals surface area contributed by atoms with Crippen molar-refractivity contribution in [1.82, 2.24) is 9.13 Å². The van der Waals surface area contributed by atoms with Gasteiger partial charge in [0.25, 0.3) is 5.56 Å². The molecular formula is C25H24F3N2O3P. The number of ether oxygens (including phenoxy) is 1. The summed E-state index contributed by atoms with van der Waals surface area (Å²) in [7, 11) is -0.721. The third-order valence-electron chi connectivity index (χ3n) is 5.41. The Labute approximate surface area is 194 Å². The van der Waals surface area contributed by atoms with E-state index in [1.807, 2.05) is 23.8 Å². The van der Waals surface area contributed by atoms with E-state index in [4.69, 9.17) is 4.74 Å². The Morgan fingerprint density at radius 2 is 1.65 bits per heavy atom. The van der Waals surface area contributed by atoms with Gasteiger partial charge in [-0.25, -0.2) is 0 Å². The van der Waals surface area contributed by atoms with Crippen molar-refractivity contribution in [3.63, 3.8) is 0 Å². The van der Waals surface area contributed by atoms with Crippen LogP contribution in [0.3, 0.4) is 0 Å². The van der Waals surface area contributed by atoms with Crippen LogP contribution in [0.15, 0.2) is 65.6 Å². The molecule has 0 amide bonds. The van der Waals surface area contributed by atoms with E-state index >= 15 is 0 Å². The molecule has 0 unspecified atom stereocenters. The molecule has 9 heteroatoms. The summed E-state index contributed by atoms with van der Waals surface area (Å²) in [6.07, 6.45) is -2.22. The molecule has 0 aliphatic carbocycles. The minimum absolute atomic E-state index is 0.170. The molecule has 0 N–H and O–H groups in total. The topological polar surface area (TPSA) is 53.2 Å². The van der Waals surface area contributed by atoms with Gasteiger partial charge in [-0.3, -0.25) is 4.79 Å². The maximum Gasteiger partial charge on any atom is 0.416 e. The van der Waals surface area contributed by atoms with Crippen LogP contribution in [-0.4, -0.2) is 22.5 Å². The molecule has 0 aliphatic heterocycles. The number of aromatic nitrogens is 2. The van der Waals surface area contributed by atoms with Crippen molar-refractivity contribution in [1.29, 1.82) is 0 Å². The van der Waals surface area contributed by atoms with Crippen LogP contribution < -0.4 is 10.3 Å². The molecule has 4 aromatic rings. The lowest BCUT2D eigenvalue weighted by atomic mass is 10.0. The lowest BCUT2D eigenvalue weighted by Crippen LogP contribution is -2.15. The van der Waals surface area contributed by atoms with E-state index < -0.39 is 18.9 Å². The predicted octanol–water partition coefficient (Wildman–Crippen LogP) is 6.71. The monoisotopic (exact) mass is 488 g/mol. The van der Waals surface area contributed by atoms with Gasteiger partial charge in [0.1, 0.15) is 18.6 Å². The number of alkyl halides is 3. The summed E-state index contributed by atoms with van der Waals surface area (Å²) in [6.45, 7) is 5.31. The van der Waals surface area contributed by atoms with Crippen LogP contribution in [0.2, 0.25) is 0 Å². The number of halogens is 3. The highest BCUT2D eigenvalue weighted by Gasteiger charge is 2.30. The molecule has 0 spiro atoms. The quantitative estimate of drug-likeness (QED) is 0.294. The zero-order valence-electron chi connectivity index (χ0n) is 19.2. The van der Waals surface area contributed by atoms with E-state index in [-0.39, 0.29) is 11.3 Å². The summed E-state index contributed by atoms with van der Waals surface area (Å²) in [5.74, 6) is 0.727. The van der Waals surface area contributed by atoms with Gasteiger partial charge < -0.3 is 18.4 Å². The van der Waals surface area contributed by atoms with E-state index in [1.165, 1.54) is 18.2 Å². The Morgan fingerprint density at radius 3 is 2.26 bits per heavy atom. The summed E-state index contributed by atoms with van der Waals surface area (Å²) < 4.78 is 60.4. The molecule has 178 valence electrons. The molecule has 2 aromatic carbocycles. The first-order valence-electron chi connectivity index (χ1n) is 10.5. The average Bonchev–Trinajstić information content (AvgIpc) is 3.07. The third kappa shape index (κ3) is 4.97. The fraction of sp³-hybridized carbons (Fsp3) is 0.240. The van der Waals surface area contributed by atoms with E-state index in [1.54, 1.807) is 43.1 Å². The predicted molar refractivity (Wildman–Crippen MR) is 128 cm³/mol. The Morgan fingerprint density at radius 1 is 0.971 bits per heavy atom. The molecule has 2 aromatic heterocycles. The highest BCUT2D eigenvalue weighted by atomic mass is 31.2. The Balaban J connectivity index is 1.80. The maximum absolute atomic E-state index is 12.8. The smallest absolute Gasteiger partial charge is 0.416 e. The second-order valence-corrected chi connectivity index (χ2v) is 12.3. The van der Waals surface area contributed by atoms with Crippen LogP contribution in [0.25, 0.3) is 22.2 Å². The largest absolute Gasteiger partial charge is 0.457 e. The molecule has 0 saturated heterocycles. The third-order valence-corrected chi connectivity index (χ3v) is 6.40. The van der Waals surface area contributed by atoms with E-state index in [2.05, 4.69) is 0 Å². The van der Waals surface area contributed by atoms with Gasteiger partial charge in [0.2, 0.25) is 0 Å². The Kier molecular flexibility index (Phi) is 5.98. The number of nitrogens with zero attached hydrogens (tertiary/aromatic N) is 2. The number of pyridine rings is 1.